The molecule has 0 unspecified atom stereocenters. The second-order valence-corrected chi connectivity index (χ2v) is 6.69. The number of halogens is 1. The van der Waals surface area contributed by atoms with E-state index in [-0.39, 0.29) is 36.4 Å². The molecular weight excluding hydrogens is 485 g/mol. The third-order valence-electron chi connectivity index (χ3n) is 4.74. The molecule has 1 fully saturated rings. The highest BCUT2D eigenvalue weighted by Crippen LogP contribution is 2.25. The van der Waals surface area contributed by atoms with Crippen LogP contribution in [0.3, 0.4) is 0 Å². The highest BCUT2D eigenvalue weighted by Gasteiger charge is 2.21. The Bertz CT molecular complexity index is 664. The fraction of sp³-hybridized carbons (Fsp3) is 0.600. The fourth-order valence-electron chi connectivity index (χ4n) is 3.18. The average molecular weight is 519 g/mol. The number of rotatable bonds is 8. The number of hydrogen-bond acceptors (Lipinski definition) is 5. The summed E-state index contributed by atoms with van der Waals surface area (Å²) in [6, 6.07) is 5.88. The van der Waals surface area contributed by atoms with Crippen LogP contribution in [0, 0.1) is 0 Å². The maximum absolute atomic E-state index is 11.8. The molecule has 8 nitrogen and oxygen atoms in total. The van der Waals surface area contributed by atoms with Crippen LogP contribution < -0.4 is 20.1 Å². The fourth-order valence-corrected chi connectivity index (χ4v) is 3.18. The van der Waals surface area contributed by atoms with Crippen LogP contribution in [0.15, 0.2) is 23.2 Å². The largest absolute Gasteiger partial charge is 0.497 e. The Morgan fingerprint density at radius 3 is 2.45 bits per heavy atom. The van der Waals surface area contributed by atoms with Crippen molar-refractivity contribution in [3.8, 4) is 11.5 Å². The molecule has 0 bridgehead atoms. The van der Waals surface area contributed by atoms with Crippen LogP contribution in [-0.2, 0) is 11.3 Å². The monoisotopic (exact) mass is 519 g/mol. The Kier molecular flexibility index (Phi) is 11.7. The van der Waals surface area contributed by atoms with Crippen LogP contribution in [0.2, 0.25) is 0 Å². The first-order valence-electron chi connectivity index (χ1n) is 9.76. The molecular formula is C20H34IN5O3. The van der Waals surface area contributed by atoms with Gasteiger partial charge in [-0.05, 0) is 24.6 Å². The molecule has 2 N–H and O–H groups in total. The predicted molar refractivity (Wildman–Crippen MR) is 126 cm³/mol. The minimum absolute atomic E-state index is 0. The maximum atomic E-state index is 11.8. The average Bonchev–Trinajstić information content (AvgIpc) is 2.73. The molecule has 1 heterocycles. The molecule has 1 aromatic rings. The topological polar surface area (TPSA) is 78.4 Å². The van der Waals surface area contributed by atoms with Crippen molar-refractivity contribution in [3.05, 3.63) is 23.8 Å². The minimum atomic E-state index is -0.00763. The van der Waals surface area contributed by atoms with E-state index in [1.54, 1.807) is 21.3 Å². The van der Waals surface area contributed by atoms with Gasteiger partial charge >= 0.3 is 0 Å². The number of carbonyl (C=O) groups is 1. The van der Waals surface area contributed by atoms with Crippen LogP contribution >= 0.6 is 24.0 Å². The van der Waals surface area contributed by atoms with Crippen LogP contribution in [0.5, 0.6) is 11.5 Å². The summed E-state index contributed by atoms with van der Waals surface area (Å²) in [4.78, 5) is 20.7. The summed E-state index contributed by atoms with van der Waals surface area (Å²) in [5.41, 5.74) is 1.12. The number of guanidine groups is 1. The number of benzene rings is 1. The first-order chi connectivity index (χ1) is 13.6. The zero-order valence-electron chi connectivity index (χ0n) is 17.9. The van der Waals surface area contributed by atoms with E-state index in [0.717, 1.165) is 62.2 Å². The third-order valence-corrected chi connectivity index (χ3v) is 4.74. The summed E-state index contributed by atoms with van der Waals surface area (Å²) in [7, 11) is 5.11. The summed E-state index contributed by atoms with van der Waals surface area (Å²) < 4.78 is 10.8. The van der Waals surface area contributed by atoms with Crippen molar-refractivity contribution in [2.45, 2.75) is 19.9 Å². The van der Waals surface area contributed by atoms with Crippen molar-refractivity contribution >= 4 is 35.8 Å². The van der Waals surface area contributed by atoms with Crippen molar-refractivity contribution in [2.75, 3.05) is 60.5 Å². The Hall–Kier alpha value is -1.75. The molecule has 1 aliphatic rings. The van der Waals surface area contributed by atoms with Crippen LogP contribution in [-0.4, -0.2) is 82.2 Å². The lowest BCUT2D eigenvalue weighted by Crippen LogP contribution is -2.53. The van der Waals surface area contributed by atoms with Gasteiger partial charge in [-0.2, -0.15) is 0 Å². The van der Waals surface area contributed by atoms with E-state index in [4.69, 9.17) is 9.47 Å². The number of methoxy groups -OCH3 is 2. The maximum Gasteiger partial charge on any atom is 0.239 e. The number of nitrogens with zero attached hydrogens (tertiary/aromatic N) is 3. The lowest BCUT2D eigenvalue weighted by molar-refractivity contribution is -0.120. The van der Waals surface area contributed by atoms with Crippen molar-refractivity contribution in [1.29, 1.82) is 0 Å². The number of amides is 1. The third kappa shape index (κ3) is 7.88. The molecule has 9 heteroatoms. The standard InChI is InChI=1S/C20H33N5O3.HI/c1-5-8-22-19(26)14-23-20(21-2)25-11-9-24(10-12-25)15-16-13-17(27-3)6-7-18(16)28-4;/h6-7,13H,5,8-12,14-15H2,1-4H3,(H,21,23)(H,22,26);1H. The summed E-state index contributed by atoms with van der Waals surface area (Å²) >= 11 is 0. The predicted octanol–water partition coefficient (Wildman–Crippen LogP) is 1.54. The number of carbonyl (C=O) groups excluding carboxylic acids is 1. The Balaban J connectivity index is 0.00000420. The van der Waals surface area contributed by atoms with Crippen LogP contribution in [0.4, 0.5) is 0 Å². The normalized spacial score (nSPS) is 14.8. The van der Waals surface area contributed by atoms with Crippen molar-refractivity contribution in [2.24, 2.45) is 4.99 Å². The first kappa shape index (κ1) is 25.3. The number of piperazine rings is 1. The highest BCUT2D eigenvalue weighted by molar-refractivity contribution is 14.0. The van der Waals surface area contributed by atoms with E-state index < -0.39 is 0 Å². The second-order valence-electron chi connectivity index (χ2n) is 6.69. The van der Waals surface area contributed by atoms with Crippen molar-refractivity contribution < 1.29 is 14.3 Å². The van der Waals surface area contributed by atoms with Gasteiger partial charge < -0.3 is 25.0 Å². The molecule has 1 aromatic carbocycles. The second kappa shape index (κ2) is 13.5. The van der Waals surface area contributed by atoms with Crippen LogP contribution in [0.25, 0.3) is 0 Å². The zero-order valence-corrected chi connectivity index (χ0v) is 20.2. The molecule has 0 radical (unpaired) electrons. The minimum Gasteiger partial charge on any atom is -0.497 e. The van der Waals surface area contributed by atoms with Gasteiger partial charge in [0.15, 0.2) is 5.96 Å². The number of ether oxygens (including phenoxy) is 2. The van der Waals surface area contributed by atoms with Gasteiger partial charge in [-0.25, -0.2) is 0 Å². The van der Waals surface area contributed by atoms with Gasteiger partial charge in [0.1, 0.15) is 11.5 Å². The van der Waals surface area contributed by atoms with Crippen LogP contribution in [0.1, 0.15) is 18.9 Å². The number of aliphatic imine (C=N–C) groups is 1. The molecule has 0 atom stereocenters. The molecule has 164 valence electrons. The molecule has 0 aliphatic carbocycles. The number of nitrogens with one attached hydrogen (secondary N) is 2. The summed E-state index contributed by atoms with van der Waals surface area (Å²) in [6.45, 7) is 7.30. The summed E-state index contributed by atoms with van der Waals surface area (Å²) in [5, 5.41) is 6.02. The molecule has 0 saturated carbocycles. The van der Waals surface area contributed by atoms with Gasteiger partial charge in [-0.3, -0.25) is 14.7 Å². The first-order valence-corrected chi connectivity index (χ1v) is 9.76. The Labute approximate surface area is 191 Å². The molecule has 29 heavy (non-hydrogen) atoms. The van der Waals surface area contributed by atoms with Crippen molar-refractivity contribution in [3.63, 3.8) is 0 Å². The quantitative estimate of drug-likeness (QED) is 0.309. The molecule has 1 saturated heterocycles. The molecule has 0 spiro atoms. The Morgan fingerprint density at radius 2 is 1.86 bits per heavy atom. The Morgan fingerprint density at radius 1 is 1.14 bits per heavy atom. The van der Waals surface area contributed by atoms with Crippen molar-refractivity contribution in [1.82, 2.24) is 20.4 Å². The molecule has 1 aliphatic heterocycles. The zero-order chi connectivity index (χ0) is 20.4. The van der Waals surface area contributed by atoms with Gasteiger partial charge in [0.2, 0.25) is 5.91 Å². The molecule has 1 amide bonds. The van der Waals surface area contributed by atoms with Gasteiger partial charge in [0.05, 0.1) is 20.8 Å². The molecule has 2 rings (SSSR count). The van der Waals surface area contributed by atoms with E-state index in [2.05, 4.69) is 25.4 Å². The molecule has 0 aromatic heterocycles. The van der Waals surface area contributed by atoms with E-state index in [0.29, 0.717) is 6.54 Å². The van der Waals surface area contributed by atoms with E-state index in [1.165, 1.54) is 0 Å². The van der Waals surface area contributed by atoms with E-state index in [1.807, 2.05) is 25.1 Å². The summed E-state index contributed by atoms with van der Waals surface area (Å²) in [5.74, 6) is 2.47. The van der Waals surface area contributed by atoms with Gasteiger partial charge in [-0.1, -0.05) is 6.92 Å². The number of hydrogen-bond donors (Lipinski definition) is 2. The van der Waals surface area contributed by atoms with Gasteiger partial charge in [0.25, 0.3) is 0 Å². The lowest BCUT2D eigenvalue weighted by Gasteiger charge is -2.36. The summed E-state index contributed by atoms with van der Waals surface area (Å²) in [6.07, 6.45) is 0.931. The smallest absolute Gasteiger partial charge is 0.239 e. The highest BCUT2D eigenvalue weighted by atomic mass is 127. The lowest BCUT2D eigenvalue weighted by atomic mass is 10.1. The van der Waals surface area contributed by atoms with Gasteiger partial charge in [0, 0.05) is 51.9 Å². The van der Waals surface area contributed by atoms with E-state index >= 15 is 0 Å². The van der Waals surface area contributed by atoms with Gasteiger partial charge in [-0.15, -0.1) is 24.0 Å². The SMILES string of the molecule is CCCNC(=O)CNC(=NC)N1CCN(Cc2cc(OC)ccc2OC)CC1.I. The van der Waals surface area contributed by atoms with E-state index in [9.17, 15) is 4.79 Å².